The van der Waals surface area contributed by atoms with E-state index in [1.165, 1.54) is 5.69 Å². The molecule has 0 unspecified atom stereocenters. The van der Waals surface area contributed by atoms with E-state index in [2.05, 4.69) is 69.3 Å². The maximum absolute atomic E-state index is 5.40. The largest absolute Gasteiger partial charge is 0.497 e. The molecule has 1 atom stereocenters. The molecule has 3 aromatic rings. The van der Waals surface area contributed by atoms with E-state index < -0.39 is 0 Å². The summed E-state index contributed by atoms with van der Waals surface area (Å²) in [5.41, 5.74) is 1.99. The number of hydrogen-bond donors (Lipinski definition) is 0. The lowest BCUT2D eigenvalue weighted by atomic mass is 10.0. The molecule has 3 heterocycles. The van der Waals surface area contributed by atoms with Gasteiger partial charge in [0, 0.05) is 44.1 Å². The van der Waals surface area contributed by atoms with Crippen molar-refractivity contribution in [3.8, 4) is 5.75 Å². The van der Waals surface area contributed by atoms with Crippen LogP contribution in [0.2, 0.25) is 0 Å². The number of methoxy groups -OCH3 is 1. The van der Waals surface area contributed by atoms with Crippen molar-refractivity contribution >= 4 is 5.69 Å². The molecule has 1 aliphatic rings. The average Bonchev–Trinajstić information content (AvgIpc) is 3.31. The van der Waals surface area contributed by atoms with Crippen molar-refractivity contribution in [3.05, 3.63) is 60.2 Å². The first-order chi connectivity index (χ1) is 15.0. The van der Waals surface area contributed by atoms with E-state index in [0.29, 0.717) is 0 Å². The molecule has 1 fully saturated rings. The Bertz CT molecular complexity index is 980. The van der Waals surface area contributed by atoms with Crippen molar-refractivity contribution in [1.82, 2.24) is 30.1 Å². The molecule has 1 saturated heterocycles. The van der Waals surface area contributed by atoms with Gasteiger partial charge >= 0.3 is 0 Å². The van der Waals surface area contributed by atoms with Gasteiger partial charge in [0.05, 0.1) is 18.3 Å². The van der Waals surface area contributed by atoms with E-state index in [9.17, 15) is 0 Å². The third-order valence-electron chi connectivity index (χ3n) is 6.24. The van der Waals surface area contributed by atoms with Crippen LogP contribution in [-0.4, -0.2) is 63.4 Å². The molecule has 0 saturated carbocycles. The van der Waals surface area contributed by atoms with E-state index in [1.807, 2.05) is 35.1 Å². The van der Waals surface area contributed by atoms with Gasteiger partial charge in [-0.3, -0.25) is 9.88 Å². The fourth-order valence-corrected chi connectivity index (χ4v) is 4.01. The molecule has 4 rings (SSSR count). The molecule has 0 aliphatic carbocycles. The fraction of sp³-hybridized carbons (Fsp3) is 0.478. The Hall–Kier alpha value is -3.00. The highest BCUT2D eigenvalue weighted by Crippen LogP contribution is 2.31. The number of tetrazole rings is 1. The lowest BCUT2D eigenvalue weighted by Crippen LogP contribution is -2.49. The predicted octanol–water partition coefficient (Wildman–Crippen LogP) is 3.13. The van der Waals surface area contributed by atoms with Crippen LogP contribution < -0.4 is 9.64 Å². The van der Waals surface area contributed by atoms with Gasteiger partial charge in [-0.1, -0.05) is 19.1 Å². The van der Waals surface area contributed by atoms with Crippen LogP contribution in [0, 0.1) is 0 Å². The molecular weight excluding hydrogens is 390 g/mol. The fourth-order valence-electron chi connectivity index (χ4n) is 4.01. The standard InChI is InChI=1S/C23H31N7O/c1-5-23(2,3)30-22(25-26-27-30)21(20-11-6-7-12-24-20)29-15-13-28(14-16-29)18-9-8-10-19(17-18)31-4/h6-12,17,21H,5,13-16H2,1-4H3/t21-/m0/s1. The highest BCUT2D eigenvalue weighted by Gasteiger charge is 2.34. The smallest absolute Gasteiger partial charge is 0.175 e. The van der Waals surface area contributed by atoms with E-state index in [1.54, 1.807) is 7.11 Å². The zero-order chi connectivity index (χ0) is 21.8. The Kier molecular flexibility index (Phi) is 6.18. The molecule has 8 heteroatoms. The van der Waals surface area contributed by atoms with Gasteiger partial charge in [0.25, 0.3) is 0 Å². The van der Waals surface area contributed by atoms with Crippen LogP contribution in [0.15, 0.2) is 48.7 Å². The van der Waals surface area contributed by atoms with Crippen LogP contribution >= 0.6 is 0 Å². The minimum atomic E-state index is -0.172. The number of rotatable bonds is 7. The molecule has 0 bridgehead atoms. The van der Waals surface area contributed by atoms with Crippen LogP contribution in [0.5, 0.6) is 5.75 Å². The molecule has 164 valence electrons. The van der Waals surface area contributed by atoms with Gasteiger partial charge in [0.2, 0.25) is 0 Å². The number of piperazine rings is 1. The normalized spacial score (nSPS) is 16.3. The van der Waals surface area contributed by atoms with Crippen LogP contribution in [-0.2, 0) is 5.54 Å². The Labute approximate surface area is 183 Å². The predicted molar refractivity (Wildman–Crippen MR) is 120 cm³/mol. The number of benzene rings is 1. The summed E-state index contributed by atoms with van der Waals surface area (Å²) >= 11 is 0. The van der Waals surface area contributed by atoms with Crippen molar-refractivity contribution in [2.75, 3.05) is 38.2 Å². The molecule has 1 aliphatic heterocycles. The van der Waals surface area contributed by atoms with Crippen molar-refractivity contribution in [2.24, 2.45) is 0 Å². The molecule has 31 heavy (non-hydrogen) atoms. The molecule has 0 radical (unpaired) electrons. The van der Waals surface area contributed by atoms with Gasteiger partial charge in [-0.2, -0.15) is 0 Å². The van der Waals surface area contributed by atoms with Crippen molar-refractivity contribution in [1.29, 1.82) is 0 Å². The first kappa shape index (κ1) is 21.2. The SMILES string of the molecule is CCC(C)(C)n1nnnc1[C@H](c1ccccn1)N1CCN(c2cccc(OC)c2)CC1. The number of ether oxygens (including phenoxy) is 1. The summed E-state index contributed by atoms with van der Waals surface area (Å²) in [6, 6.07) is 14.2. The summed E-state index contributed by atoms with van der Waals surface area (Å²) in [4.78, 5) is 9.51. The maximum atomic E-state index is 5.40. The van der Waals surface area contributed by atoms with E-state index >= 15 is 0 Å². The zero-order valence-corrected chi connectivity index (χ0v) is 18.8. The van der Waals surface area contributed by atoms with E-state index in [0.717, 1.165) is 49.9 Å². The van der Waals surface area contributed by atoms with Gasteiger partial charge in [-0.05, 0) is 55.0 Å². The summed E-state index contributed by atoms with van der Waals surface area (Å²) in [5.74, 6) is 1.73. The molecule has 0 spiro atoms. The van der Waals surface area contributed by atoms with Gasteiger partial charge in [-0.25, -0.2) is 4.68 Å². The minimum absolute atomic E-state index is 0.0884. The second kappa shape index (κ2) is 9.01. The Morgan fingerprint density at radius 3 is 2.55 bits per heavy atom. The number of aromatic nitrogens is 5. The first-order valence-corrected chi connectivity index (χ1v) is 10.9. The second-order valence-corrected chi connectivity index (χ2v) is 8.50. The quantitative estimate of drug-likeness (QED) is 0.580. The van der Waals surface area contributed by atoms with E-state index in [-0.39, 0.29) is 11.6 Å². The minimum Gasteiger partial charge on any atom is -0.497 e. The number of nitrogens with zero attached hydrogens (tertiary/aromatic N) is 7. The zero-order valence-electron chi connectivity index (χ0n) is 18.8. The van der Waals surface area contributed by atoms with Gasteiger partial charge < -0.3 is 9.64 Å². The van der Waals surface area contributed by atoms with Crippen LogP contribution in [0.4, 0.5) is 5.69 Å². The molecule has 0 amide bonds. The topological polar surface area (TPSA) is 72.2 Å². The Morgan fingerprint density at radius 2 is 1.87 bits per heavy atom. The monoisotopic (exact) mass is 421 g/mol. The lowest BCUT2D eigenvalue weighted by Gasteiger charge is -2.40. The molecule has 0 N–H and O–H groups in total. The van der Waals surface area contributed by atoms with Crippen molar-refractivity contribution < 1.29 is 4.74 Å². The summed E-state index contributed by atoms with van der Waals surface area (Å²) in [6.07, 6.45) is 2.78. The summed E-state index contributed by atoms with van der Waals surface area (Å²) in [5, 5.41) is 12.9. The highest BCUT2D eigenvalue weighted by molar-refractivity contribution is 5.51. The Morgan fingerprint density at radius 1 is 1.06 bits per heavy atom. The van der Waals surface area contributed by atoms with Crippen molar-refractivity contribution in [3.63, 3.8) is 0 Å². The van der Waals surface area contributed by atoms with Crippen LogP contribution in [0.25, 0.3) is 0 Å². The molecule has 1 aromatic carbocycles. The van der Waals surface area contributed by atoms with Crippen LogP contribution in [0.3, 0.4) is 0 Å². The molecule has 8 nitrogen and oxygen atoms in total. The molecular formula is C23H31N7O. The van der Waals surface area contributed by atoms with Crippen LogP contribution in [0.1, 0.15) is 44.8 Å². The number of hydrogen-bond acceptors (Lipinski definition) is 7. The third-order valence-corrected chi connectivity index (χ3v) is 6.24. The molecule has 2 aromatic heterocycles. The summed E-state index contributed by atoms with van der Waals surface area (Å²) in [7, 11) is 1.70. The van der Waals surface area contributed by atoms with Gasteiger partial charge in [0.15, 0.2) is 5.82 Å². The van der Waals surface area contributed by atoms with Crippen molar-refractivity contribution in [2.45, 2.75) is 38.8 Å². The Balaban J connectivity index is 1.61. The summed E-state index contributed by atoms with van der Waals surface area (Å²) < 4.78 is 7.37. The van der Waals surface area contributed by atoms with Gasteiger partial charge in [0.1, 0.15) is 11.8 Å². The first-order valence-electron chi connectivity index (χ1n) is 10.9. The summed E-state index contributed by atoms with van der Waals surface area (Å²) in [6.45, 7) is 10.1. The number of pyridine rings is 1. The lowest BCUT2D eigenvalue weighted by molar-refractivity contribution is 0.184. The number of anilines is 1. The highest BCUT2D eigenvalue weighted by atomic mass is 16.5. The van der Waals surface area contributed by atoms with E-state index in [4.69, 9.17) is 4.74 Å². The van der Waals surface area contributed by atoms with Gasteiger partial charge in [-0.15, -0.1) is 5.10 Å². The maximum Gasteiger partial charge on any atom is 0.175 e. The average molecular weight is 422 g/mol. The third kappa shape index (κ3) is 4.39. The second-order valence-electron chi connectivity index (χ2n) is 8.50.